The molecule has 0 aliphatic carbocycles. The Kier molecular flexibility index (Phi) is 4.85. The Bertz CT molecular complexity index is 399. The third-order valence-electron chi connectivity index (χ3n) is 1.86. The van der Waals surface area contributed by atoms with Gasteiger partial charge in [0.15, 0.2) is 0 Å². The van der Waals surface area contributed by atoms with Gasteiger partial charge in [0.2, 0.25) is 0 Å². The SMILES string of the molecule is COCCNC(C#N)c1ccc([N+](=O)[O-])s1. The average molecular weight is 241 g/mol. The lowest BCUT2D eigenvalue weighted by Crippen LogP contribution is -2.23. The molecule has 0 aromatic carbocycles. The van der Waals surface area contributed by atoms with Gasteiger partial charge in [-0.2, -0.15) is 5.26 Å². The Labute approximate surface area is 96.6 Å². The second kappa shape index (κ2) is 6.17. The highest BCUT2D eigenvalue weighted by atomic mass is 32.1. The molecule has 16 heavy (non-hydrogen) atoms. The van der Waals surface area contributed by atoms with E-state index in [4.69, 9.17) is 10.00 Å². The van der Waals surface area contributed by atoms with Crippen LogP contribution in [0.1, 0.15) is 10.9 Å². The highest BCUT2D eigenvalue weighted by Crippen LogP contribution is 2.28. The maximum absolute atomic E-state index is 10.5. The average Bonchev–Trinajstić information content (AvgIpc) is 2.74. The fourth-order valence-electron chi connectivity index (χ4n) is 1.11. The van der Waals surface area contributed by atoms with Gasteiger partial charge in [-0.1, -0.05) is 11.3 Å². The number of hydrogen-bond acceptors (Lipinski definition) is 6. The summed E-state index contributed by atoms with van der Waals surface area (Å²) in [7, 11) is 1.57. The molecule has 1 N–H and O–H groups in total. The molecule has 0 aliphatic rings. The Morgan fingerprint density at radius 1 is 1.75 bits per heavy atom. The van der Waals surface area contributed by atoms with Crippen LogP contribution in [0.5, 0.6) is 0 Å². The maximum Gasteiger partial charge on any atom is 0.324 e. The zero-order chi connectivity index (χ0) is 12.0. The molecule has 0 spiro atoms. The summed E-state index contributed by atoms with van der Waals surface area (Å²) in [5.74, 6) is 0. The van der Waals surface area contributed by atoms with Crippen molar-refractivity contribution in [3.8, 4) is 6.07 Å². The molecular formula is C9H11N3O3S. The number of nitro groups is 1. The number of nitrogens with zero attached hydrogens (tertiary/aromatic N) is 2. The number of ether oxygens (including phenoxy) is 1. The summed E-state index contributed by atoms with van der Waals surface area (Å²) in [4.78, 5) is 10.7. The molecule has 0 aliphatic heterocycles. The van der Waals surface area contributed by atoms with E-state index in [0.29, 0.717) is 18.0 Å². The van der Waals surface area contributed by atoms with Gasteiger partial charge in [-0.15, -0.1) is 0 Å². The minimum atomic E-state index is -0.520. The van der Waals surface area contributed by atoms with Crippen molar-refractivity contribution in [1.82, 2.24) is 5.32 Å². The van der Waals surface area contributed by atoms with Gasteiger partial charge < -0.3 is 4.74 Å². The van der Waals surface area contributed by atoms with Crippen LogP contribution in [0, 0.1) is 21.4 Å². The first-order valence-corrected chi connectivity index (χ1v) is 5.36. The van der Waals surface area contributed by atoms with Crippen molar-refractivity contribution < 1.29 is 9.66 Å². The Morgan fingerprint density at radius 3 is 3.00 bits per heavy atom. The van der Waals surface area contributed by atoms with Gasteiger partial charge in [0.05, 0.1) is 17.6 Å². The summed E-state index contributed by atoms with van der Waals surface area (Å²) in [5.41, 5.74) is 0. The Balaban J connectivity index is 2.65. The summed E-state index contributed by atoms with van der Waals surface area (Å²) in [6.45, 7) is 1.02. The second-order valence-electron chi connectivity index (χ2n) is 2.94. The molecule has 1 heterocycles. The quantitative estimate of drug-likeness (QED) is 0.462. The first kappa shape index (κ1) is 12.6. The molecule has 0 bridgehead atoms. The van der Waals surface area contributed by atoms with Crippen LogP contribution in [0.4, 0.5) is 5.00 Å². The molecule has 7 heteroatoms. The molecule has 1 rings (SSSR count). The van der Waals surface area contributed by atoms with Crippen molar-refractivity contribution in [1.29, 1.82) is 5.26 Å². The highest BCUT2D eigenvalue weighted by Gasteiger charge is 2.16. The van der Waals surface area contributed by atoms with Gasteiger partial charge in [0.1, 0.15) is 6.04 Å². The van der Waals surface area contributed by atoms with Crippen LogP contribution in [-0.2, 0) is 4.74 Å². The molecule has 0 amide bonds. The highest BCUT2D eigenvalue weighted by molar-refractivity contribution is 7.15. The predicted molar refractivity (Wildman–Crippen MR) is 59.2 cm³/mol. The van der Waals surface area contributed by atoms with Gasteiger partial charge in [-0.3, -0.25) is 15.4 Å². The van der Waals surface area contributed by atoms with E-state index in [1.165, 1.54) is 6.07 Å². The molecule has 1 aromatic rings. The number of nitriles is 1. The standard InChI is InChI=1S/C9H11N3O3S/c1-15-5-4-11-7(6-10)8-2-3-9(16-8)12(13)14/h2-3,7,11H,4-5H2,1H3. The van der Waals surface area contributed by atoms with Crippen LogP contribution in [0.15, 0.2) is 12.1 Å². The van der Waals surface area contributed by atoms with Crippen LogP contribution in [0.2, 0.25) is 0 Å². The summed E-state index contributed by atoms with van der Waals surface area (Å²) >= 11 is 1.01. The zero-order valence-corrected chi connectivity index (χ0v) is 9.49. The van der Waals surface area contributed by atoms with Crippen molar-refractivity contribution in [2.24, 2.45) is 0 Å². The zero-order valence-electron chi connectivity index (χ0n) is 8.67. The minimum Gasteiger partial charge on any atom is -0.383 e. The number of rotatable bonds is 6. The third-order valence-corrected chi connectivity index (χ3v) is 2.96. The van der Waals surface area contributed by atoms with Crippen LogP contribution < -0.4 is 5.32 Å². The molecule has 1 unspecified atom stereocenters. The normalized spacial score (nSPS) is 12.0. The molecule has 0 saturated carbocycles. The largest absolute Gasteiger partial charge is 0.383 e. The van der Waals surface area contributed by atoms with E-state index in [0.717, 1.165) is 11.3 Å². The molecule has 0 radical (unpaired) electrons. The van der Waals surface area contributed by atoms with Gasteiger partial charge in [-0.25, -0.2) is 0 Å². The van der Waals surface area contributed by atoms with E-state index in [1.807, 2.05) is 0 Å². The van der Waals surface area contributed by atoms with Crippen LogP contribution >= 0.6 is 11.3 Å². The molecule has 1 aromatic heterocycles. The van der Waals surface area contributed by atoms with Crippen LogP contribution in [0.25, 0.3) is 0 Å². The lowest BCUT2D eigenvalue weighted by Gasteiger charge is -2.07. The minimum absolute atomic E-state index is 0.0452. The number of thiophene rings is 1. The van der Waals surface area contributed by atoms with Gasteiger partial charge in [0, 0.05) is 24.6 Å². The summed E-state index contributed by atoms with van der Waals surface area (Å²) in [5, 5.41) is 22.4. The van der Waals surface area contributed by atoms with E-state index in [-0.39, 0.29) is 5.00 Å². The Morgan fingerprint density at radius 2 is 2.50 bits per heavy atom. The Hall–Kier alpha value is -1.49. The fourth-order valence-corrected chi connectivity index (χ4v) is 1.95. The summed E-state index contributed by atoms with van der Waals surface area (Å²) in [6, 6.07) is 4.53. The van der Waals surface area contributed by atoms with E-state index < -0.39 is 11.0 Å². The first-order valence-electron chi connectivity index (χ1n) is 4.55. The number of nitrogens with one attached hydrogen (secondary N) is 1. The predicted octanol–water partition coefficient (Wildman–Crippen LogP) is 1.46. The molecule has 0 fully saturated rings. The molecule has 6 nitrogen and oxygen atoms in total. The first-order chi connectivity index (χ1) is 7.69. The van der Waals surface area contributed by atoms with Crippen LogP contribution in [-0.4, -0.2) is 25.2 Å². The molecule has 86 valence electrons. The summed E-state index contributed by atoms with van der Waals surface area (Å²) in [6.07, 6.45) is 0. The molecular weight excluding hydrogens is 230 g/mol. The monoisotopic (exact) mass is 241 g/mol. The molecule has 1 atom stereocenters. The lowest BCUT2D eigenvalue weighted by molar-refractivity contribution is -0.380. The van der Waals surface area contributed by atoms with Gasteiger partial charge in [0.25, 0.3) is 0 Å². The topological polar surface area (TPSA) is 88.2 Å². The van der Waals surface area contributed by atoms with Crippen LogP contribution in [0.3, 0.4) is 0 Å². The number of methoxy groups -OCH3 is 1. The maximum atomic E-state index is 10.5. The third kappa shape index (κ3) is 3.27. The molecule has 0 saturated heterocycles. The lowest BCUT2D eigenvalue weighted by atomic mass is 10.2. The number of hydrogen-bond donors (Lipinski definition) is 1. The van der Waals surface area contributed by atoms with E-state index in [1.54, 1.807) is 13.2 Å². The van der Waals surface area contributed by atoms with Gasteiger partial charge >= 0.3 is 5.00 Å². The second-order valence-corrected chi connectivity index (χ2v) is 4.04. The van der Waals surface area contributed by atoms with E-state index >= 15 is 0 Å². The van der Waals surface area contributed by atoms with Gasteiger partial charge in [-0.05, 0) is 6.07 Å². The van der Waals surface area contributed by atoms with Crippen molar-refractivity contribution in [3.63, 3.8) is 0 Å². The smallest absolute Gasteiger partial charge is 0.324 e. The van der Waals surface area contributed by atoms with E-state index in [2.05, 4.69) is 11.4 Å². The van der Waals surface area contributed by atoms with Crippen molar-refractivity contribution in [2.75, 3.05) is 20.3 Å². The fraction of sp³-hybridized carbons (Fsp3) is 0.444. The van der Waals surface area contributed by atoms with Crippen molar-refractivity contribution in [2.45, 2.75) is 6.04 Å². The van der Waals surface area contributed by atoms with Crippen molar-refractivity contribution >= 4 is 16.3 Å². The summed E-state index contributed by atoms with van der Waals surface area (Å²) < 4.78 is 4.84. The van der Waals surface area contributed by atoms with Crippen molar-refractivity contribution in [3.05, 3.63) is 27.1 Å². The van der Waals surface area contributed by atoms with E-state index in [9.17, 15) is 10.1 Å².